The van der Waals surface area contributed by atoms with E-state index in [4.69, 9.17) is 11.6 Å². The first-order valence-electron chi connectivity index (χ1n) is 9.59. The van der Waals surface area contributed by atoms with Crippen LogP contribution in [0.2, 0.25) is 5.02 Å². The number of fused-ring (bicyclic) bond motifs is 2. The number of amides is 1. The van der Waals surface area contributed by atoms with Crippen LogP contribution in [0.15, 0.2) is 67.1 Å². The van der Waals surface area contributed by atoms with Crippen LogP contribution in [-0.2, 0) is 6.42 Å². The molecule has 1 aromatic carbocycles. The molecule has 4 aromatic rings. The molecule has 0 aliphatic carbocycles. The lowest BCUT2D eigenvalue weighted by Crippen LogP contribution is -2.39. The minimum atomic E-state index is -0.0545. The van der Waals surface area contributed by atoms with Gasteiger partial charge in [0, 0.05) is 25.1 Å². The van der Waals surface area contributed by atoms with Crippen LogP contribution >= 0.6 is 11.6 Å². The number of hydrogen-bond acceptors (Lipinski definition) is 3. The van der Waals surface area contributed by atoms with Gasteiger partial charge in [0.25, 0.3) is 5.91 Å². The van der Waals surface area contributed by atoms with Gasteiger partial charge in [0.1, 0.15) is 0 Å². The number of rotatable bonds is 2. The number of pyridine rings is 2. The quantitative estimate of drug-likeness (QED) is 0.483. The molecule has 144 valence electrons. The molecule has 29 heavy (non-hydrogen) atoms. The average molecular weight is 403 g/mol. The van der Waals surface area contributed by atoms with Gasteiger partial charge in [0.2, 0.25) is 0 Å². The highest BCUT2D eigenvalue weighted by atomic mass is 35.5. The first kappa shape index (κ1) is 17.9. The molecule has 1 aliphatic heterocycles. The Kier molecular flexibility index (Phi) is 4.32. The van der Waals surface area contributed by atoms with Gasteiger partial charge in [-0.1, -0.05) is 29.8 Å². The van der Waals surface area contributed by atoms with Gasteiger partial charge in [-0.25, -0.2) is 4.52 Å². The SMILES string of the molecule is CC1c2ccc(-c3ccncc3)cc2CCN1C(=O)c1cc2ccc(Cl)cn2n1. The fourth-order valence-electron chi connectivity index (χ4n) is 4.05. The molecule has 1 amide bonds. The van der Waals surface area contributed by atoms with Crippen LogP contribution in [-0.4, -0.2) is 31.9 Å². The monoisotopic (exact) mass is 402 g/mol. The maximum Gasteiger partial charge on any atom is 0.274 e. The predicted molar refractivity (Wildman–Crippen MR) is 113 cm³/mol. The second kappa shape index (κ2) is 7.01. The van der Waals surface area contributed by atoms with Crippen LogP contribution in [0.5, 0.6) is 0 Å². The summed E-state index contributed by atoms with van der Waals surface area (Å²) in [6, 6.07) is 16.0. The molecule has 5 rings (SSSR count). The Hall–Kier alpha value is -3.18. The average Bonchev–Trinajstić information content (AvgIpc) is 3.17. The Bertz CT molecular complexity index is 1220. The lowest BCUT2D eigenvalue weighted by Gasteiger charge is -2.35. The van der Waals surface area contributed by atoms with Crippen molar-refractivity contribution >= 4 is 23.0 Å². The summed E-state index contributed by atoms with van der Waals surface area (Å²) >= 11 is 6.03. The molecule has 4 heterocycles. The molecular weight excluding hydrogens is 384 g/mol. The molecule has 1 atom stereocenters. The van der Waals surface area contributed by atoms with Crippen LogP contribution < -0.4 is 0 Å². The van der Waals surface area contributed by atoms with E-state index in [0.29, 0.717) is 17.3 Å². The minimum absolute atomic E-state index is 0.00820. The van der Waals surface area contributed by atoms with Crippen molar-refractivity contribution in [3.63, 3.8) is 0 Å². The zero-order chi connectivity index (χ0) is 20.0. The van der Waals surface area contributed by atoms with E-state index in [9.17, 15) is 4.79 Å². The van der Waals surface area contributed by atoms with Crippen molar-refractivity contribution in [2.75, 3.05) is 6.54 Å². The zero-order valence-corrected chi connectivity index (χ0v) is 16.7. The van der Waals surface area contributed by atoms with Crippen LogP contribution in [0.4, 0.5) is 0 Å². The summed E-state index contributed by atoms with van der Waals surface area (Å²) in [4.78, 5) is 19.2. The third-order valence-electron chi connectivity index (χ3n) is 5.60. The number of aromatic nitrogens is 3. The molecule has 0 saturated heterocycles. The van der Waals surface area contributed by atoms with Crippen molar-refractivity contribution in [2.24, 2.45) is 0 Å². The summed E-state index contributed by atoms with van der Waals surface area (Å²) in [6.07, 6.45) is 6.15. The van der Waals surface area contributed by atoms with Crippen LogP contribution in [0, 0.1) is 0 Å². The van der Waals surface area contributed by atoms with Crippen molar-refractivity contribution in [1.29, 1.82) is 0 Å². The highest BCUT2D eigenvalue weighted by Gasteiger charge is 2.29. The standard InChI is InChI=1S/C23H19ClN4O/c1-15-21-5-2-17(16-6-9-25-10-7-16)12-18(21)8-11-27(15)23(29)22-13-20-4-3-19(24)14-28(20)26-22/h2-7,9-10,12-15H,8,11H2,1H3. The van der Waals surface area contributed by atoms with Gasteiger partial charge in [-0.3, -0.25) is 9.78 Å². The van der Waals surface area contributed by atoms with E-state index in [2.05, 4.69) is 35.2 Å². The molecule has 0 radical (unpaired) electrons. The lowest BCUT2D eigenvalue weighted by molar-refractivity contribution is 0.0671. The second-order valence-corrected chi connectivity index (χ2v) is 7.76. The Balaban J connectivity index is 1.44. The smallest absolute Gasteiger partial charge is 0.274 e. The highest BCUT2D eigenvalue weighted by molar-refractivity contribution is 6.30. The summed E-state index contributed by atoms with van der Waals surface area (Å²) in [5, 5.41) is 5.02. The first-order valence-corrected chi connectivity index (χ1v) is 9.97. The molecule has 0 bridgehead atoms. The molecule has 6 heteroatoms. The van der Waals surface area contributed by atoms with Crippen LogP contribution in [0.1, 0.15) is 34.6 Å². The predicted octanol–water partition coefficient (Wildman–Crippen LogP) is 4.81. The largest absolute Gasteiger partial charge is 0.330 e. The summed E-state index contributed by atoms with van der Waals surface area (Å²) in [7, 11) is 0. The number of benzene rings is 1. The fourth-order valence-corrected chi connectivity index (χ4v) is 4.20. The van der Waals surface area contributed by atoms with Gasteiger partial charge in [0.05, 0.1) is 16.6 Å². The Morgan fingerprint density at radius 2 is 1.90 bits per heavy atom. The van der Waals surface area contributed by atoms with E-state index < -0.39 is 0 Å². The number of halogens is 1. The van der Waals surface area contributed by atoms with Gasteiger partial charge in [-0.05, 0) is 65.9 Å². The van der Waals surface area contributed by atoms with Crippen molar-refractivity contribution in [3.8, 4) is 11.1 Å². The molecule has 0 spiro atoms. The van der Waals surface area contributed by atoms with Crippen molar-refractivity contribution in [3.05, 3.63) is 89.0 Å². The van der Waals surface area contributed by atoms with Crippen LogP contribution in [0.25, 0.3) is 16.6 Å². The Morgan fingerprint density at radius 1 is 1.07 bits per heavy atom. The number of carbonyl (C=O) groups excluding carboxylic acids is 1. The molecule has 0 N–H and O–H groups in total. The second-order valence-electron chi connectivity index (χ2n) is 7.32. The topological polar surface area (TPSA) is 50.5 Å². The van der Waals surface area contributed by atoms with Gasteiger partial charge >= 0.3 is 0 Å². The zero-order valence-electron chi connectivity index (χ0n) is 15.9. The van der Waals surface area contributed by atoms with E-state index in [1.54, 1.807) is 29.2 Å². The van der Waals surface area contributed by atoms with E-state index in [0.717, 1.165) is 17.5 Å². The number of carbonyl (C=O) groups is 1. The van der Waals surface area contributed by atoms with Crippen molar-refractivity contribution in [1.82, 2.24) is 19.5 Å². The molecular formula is C23H19ClN4O. The maximum absolute atomic E-state index is 13.2. The number of hydrogen-bond donors (Lipinski definition) is 0. The maximum atomic E-state index is 13.2. The third-order valence-corrected chi connectivity index (χ3v) is 5.82. The minimum Gasteiger partial charge on any atom is -0.330 e. The van der Waals surface area contributed by atoms with E-state index >= 15 is 0 Å². The highest BCUT2D eigenvalue weighted by Crippen LogP contribution is 2.33. The number of nitrogens with zero attached hydrogens (tertiary/aromatic N) is 4. The van der Waals surface area contributed by atoms with Gasteiger partial charge in [-0.2, -0.15) is 5.10 Å². The van der Waals surface area contributed by atoms with Crippen molar-refractivity contribution in [2.45, 2.75) is 19.4 Å². The van der Waals surface area contributed by atoms with E-state index in [-0.39, 0.29) is 11.9 Å². The van der Waals surface area contributed by atoms with Gasteiger partial charge in [-0.15, -0.1) is 0 Å². The molecule has 5 nitrogen and oxygen atoms in total. The van der Waals surface area contributed by atoms with E-state index in [1.807, 2.05) is 29.2 Å². The van der Waals surface area contributed by atoms with E-state index in [1.165, 1.54) is 16.7 Å². The summed E-state index contributed by atoms with van der Waals surface area (Å²) in [5.41, 5.74) is 6.10. The molecule has 0 saturated carbocycles. The summed E-state index contributed by atoms with van der Waals surface area (Å²) < 4.78 is 1.65. The van der Waals surface area contributed by atoms with Gasteiger partial charge in [0.15, 0.2) is 5.69 Å². The molecule has 3 aromatic heterocycles. The van der Waals surface area contributed by atoms with Crippen LogP contribution in [0.3, 0.4) is 0 Å². The fraction of sp³-hybridized carbons (Fsp3) is 0.174. The van der Waals surface area contributed by atoms with Crippen molar-refractivity contribution < 1.29 is 4.79 Å². The first-order chi connectivity index (χ1) is 14.1. The molecule has 0 fully saturated rings. The Morgan fingerprint density at radius 3 is 2.72 bits per heavy atom. The summed E-state index contributed by atoms with van der Waals surface area (Å²) in [5.74, 6) is -0.0545. The molecule has 1 aliphatic rings. The molecule has 1 unspecified atom stereocenters. The third kappa shape index (κ3) is 3.17. The summed E-state index contributed by atoms with van der Waals surface area (Å²) in [6.45, 7) is 2.75. The Labute approximate surface area is 173 Å². The van der Waals surface area contributed by atoms with Gasteiger partial charge < -0.3 is 4.90 Å². The lowest BCUT2D eigenvalue weighted by atomic mass is 9.90. The normalized spacial score (nSPS) is 16.1.